The van der Waals surface area contributed by atoms with Crippen molar-refractivity contribution in [3.8, 4) is 11.4 Å². The van der Waals surface area contributed by atoms with Crippen LogP contribution in [0, 0.1) is 0 Å². The van der Waals surface area contributed by atoms with Gasteiger partial charge < -0.3 is 4.74 Å². The van der Waals surface area contributed by atoms with Crippen LogP contribution in [-0.4, -0.2) is 21.1 Å². The van der Waals surface area contributed by atoms with E-state index >= 15 is 0 Å². The summed E-state index contributed by atoms with van der Waals surface area (Å²) in [6.45, 7) is -2.92. The minimum atomic E-state index is -2.92. The first-order valence-electron chi connectivity index (χ1n) is 7.24. The van der Waals surface area contributed by atoms with Gasteiger partial charge in [0.2, 0.25) is 0 Å². The van der Waals surface area contributed by atoms with Gasteiger partial charge in [-0.05, 0) is 37.1 Å². The maximum absolute atomic E-state index is 12.2. The molecule has 4 rings (SSSR count). The van der Waals surface area contributed by atoms with Crippen molar-refractivity contribution in [2.75, 3.05) is 0 Å². The summed E-state index contributed by atoms with van der Waals surface area (Å²) in [7, 11) is 0. The number of nitrogens with one attached hydrogen (secondary N) is 1. The number of thiazole rings is 1. The second-order valence-corrected chi connectivity index (χ2v) is 6.48. The molecule has 0 atom stereocenters. The maximum Gasteiger partial charge on any atom is 0.387 e. The summed E-state index contributed by atoms with van der Waals surface area (Å²) in [4.78, 5) is 31.0. The highest BCUT2D eigenvalue weighted by Gasteiger charge is 2.28. The Bertz CT molecular complexity index is 1020. The van der Waals surface area contributed by atoms with Crippen molar-refractivity contribution in [1.82, 2.24) is 14.5 Å². The zero-order chi connectivity index (χ0) is 16.8. The van der Waals surface area contributed by atoms with Crippen molar-refractivity contribution in [3.05, 3.63) is 50.1 Å². The third-order valence-electron chi connectivity index (χ3n) is 3.71. The van der Waals surface area contributed by atoms with E-state index in [-0.39, 0.29) is 11.4 Å². The number of aromatic amines is 1. The number of H-pyrrole nitrogens is 1. The predicted octanol–water partition coefficient (Wildman–Crippen LogP) is 2.61. The fraction of sp³-hybridized carbons (Fsp3) is 0.267. The van der Waals surface area contributed by atoms with Crippen molar-refractivity contribution < 1.29 is 13.5 Å². The van der Waals surface area contributed by atoms with E-state index in [1.807, 2.05) is 0 Å². The zero-order valence-electron chi connectivity index (χ0n) is 12.2. The van der Waals surface area contributed by atoms with Crippen molar-refractivity contribution in [3.63, 3.8) is 0 Å². The first-order valence-corrected chi connectivity index (χ1v) is 8.05. The number of alkyl halides is 2. The van der Waals surface area contributed by atoms with Gasteiger partial charge in [-0.1, -0.05) is 0 Å². The van der Waals surface area contributed by atoms with E-state index in [0.717, 1.165) is 17.8 Å². The molecule has 3 aromatic rings. The molecule has 0 aliphatic heterocycles. The van der Waals surface area contributed by atoms with Gasteiger partial charge in [0.05, 0.1) is 10.7 Å². The van der Waals surface area contributed by atoms with Gasteiger partial charge in [0.15, 0.2) is 5.65 Å². The molecule has 124 valence electrons. The Balaban J connectivity index is 1.86. The number of aromatic nitrogens is 3. The van der Waals surface area contributed by atoms with Crippen molar-refractivity contribution in [2.24, 2.45) is 0 Å². The lowest BCUT2D eigenvalue weighted by Gasteiger charge is -2.08. The van der Waals surface area contributed by atoms with Crippen LogP contribution in [0.1, 0.15) is 23.8 Å². The highest BCUT2D eigenvalue weighted by Crippen LogP contribution is 2.42. The molecule has 0 saturated heterocycles. The van der Waals surface area contributed by atoms with Crippen LogP contribution in [0.5, 0.6) is 5.75 Å². The highest BCUT2D eigenvalue weighted by atomic mass is 32.1. The Labute approximate surface area is 137 Å². The molecule has 2 heterocycles. The molecule has 1 N–H and O–H groups in total. The molecule has 0 unspecified atom stereocenters. The highest BCUT2D eigenvalue weighted by molar-refractivity contribution is 7.18. The molecule has 24 heavy (non-hydrogen) atoms. The van der Waals surface area contributed by atoms with Crippen molar-refractivity contribution in [2.45, 2.75) is 25.4 Å². The van der Waals surface area contributed by atoms with Crippen LogP contribution < -0.4 is 16.0 Å². The quantitative estimate of drug-likeness (QED) is 0.784. The number of nitrogens with zero attached hydrogens (tertiary/aromatic N) is 2. The minimum absolute atomic E-state index is 0.0144. The summed E-state index contributed by atoms with van der Waals surface area (Å²) in [5.41, 5.74) is -0.385. The fourth-order valence-corrected chi connectivity index (χ4v) is 3.57. The largest absolute Gasteiger partial charge is 0.435 e. The Morgan fingerprint density at radius 2 is 1.96 bits per heavy atom. The predicted molar refractivity (Wildman–Crippen MR) is 84.4 cm³/mol. The lowest BCUT2D eigenvalue weighted by molar-refractivity contribution is -0.0498. The molecular formula is C15H11F2N3O3S. The Hall–Kier alpha value is -2.55. The van der Waals surface area contributed by atoms with Crippen molar-refractivity contribution in [1.29, 1.82) is 0 Å². The molecular weight excluding hydrogens is 340 g/mol. The number of hydrogen-bond acceptors (Lipinski definition) is 5. The van der Waals surface area contributed by atoms with Gasteiger partial charge in [0.1, 0.15) is 10.4 Å². The van der Waals surface area contributed by atoms with Crippen LogP contribution in [-0.2, 0) is 0 Å². The average Bonchev–Trinajstić information content (AvgIpc) is 3.28. The molecule has 0 spiro atoms. The average molecular weight is 351 g/mol. The molecule has 6 nitrogen and oxygen atoms in total. The molecule has 1 aliphatic carbocycles. The van der Waals surface area contributed by atoms with Gasteiger partial charge in [-0.25, -0.2) is 14.3 Å². The van der Waals surface area contributed by atoms with E-state index in [0.29, 0.717) is 16.3 Å². The Morgan fingerprint density at radius 3 is 2.58 bits per heavy atom. The van der Waals surface area contributed by atoms with E-state index in [1.165, 1.54) is 40.2 Å². The second kappa shape index (κ2) is 5.52. The van der Waals surface area contributed by atoms with Crippen LogP contribution >= 0.6 is 11.3 Å². The number of benzene rings is 1. The summed E-state index contributed by atoms with van der Waals surface area (Å²) in [6.07, 6.45) is 2.06. The van der Waals surface area contributed by atoms with Gasteiger partial charge >= 0.3 is 12.3 Å². The molecule has 1 aliphatic rings. The summed E-state index contributed by atoms with van der Waals surface area (Å²) < 4.78 is 30.4. The molecule has 1 aromatic carbocycles. The van der Waals surface area contributed by atoms with E-state index in [9.17, 15) is 18.4 Å². The first kappa shape index (κ1) is 15.0. The Morgan fingerprint density at radius 1 is 1.25 bits per heavy atom. The van der Waals surface area contributed by atoms with Gasteiger partial charge in [-0.15, -0.1) is 11.3 Å². The second-order valence-electron chi connectivity index (χ2n) is 5.45. The molecule has 9 heteroatoms. The number of halogens is 2. The van der Waals surface area contributed by atoms with Crippen LogP contribution in [0.15, 0.2) is 33.9 Å². The summed E-state index contributed by atoms with van der Waals surface area (Å²) in [5, 5.41) is 0.840. The molecule has 0 amide bonds. The lowest BCUT2D eigenvalue weighted by atomic mass is 10.3. The summed E-state index contributed by atoms with van der Waals surface area (Å²) >= 11 is 1.29. The van der Waals surface area contributed by atoms with Gasteiger partial charge in [-0.2, -0.15) is 8.78 Å². The number of fused-ring (bicyclic) bond motifs is 1. The Kier molecular flexibility index (Phi) is 3.45. The smallest absolute Gasteiger partial charge is 0.387 e. The maximum atomic E-state index is 12.2. The molecule has 1 saturated carbocycles. The van der Waals surface area contributed by atoms with E-state index in [1.54, 1.807) is 0 Å². The number of ether oxygens (including phenoxy) is 1. The van der Waals surface area contributed by atoms with Gasteiger partial charge in [-0.3, -0.25) is 9.78 Å². The van der Waals surface area contributed by atoms with Gasteiger partial charge in [0, 0.05) is 5.92 Å². The van der Waals surface area contributed by atoms with Crippen molar-refractivity contribution >= 4 is 21.7 Å². The first-order chi connectivity index (χ1) is 11.5. The SMILES string of the molecule is O=c1[nH]c(=O)n(-c2ccc(OC(F)F)cc2)c2nc(C3CC3)sc12. The van der Waals surface area contributed by atoms with Crippen LogP contribution in [0.3, 0.4) is 0 Å². The van der Waals surface area contributed by atoms with Crippen LogP contribution in [0.2, 0.25) is 0 Å². The standard InChI is InChI=1S/C15H11F2N3O3S/c16-14(17)23-9-5-3-8(4-6-9)20-11-10(12(21)19-15(20)22)24-13(18-11)7-1-2-7/h3-7,14H,1-2H2,(H,19,21,22). The third-order valence-corrected chi connectivity index (χ3v) is 4.92. The number of hydrogen-bond donors (Lipinski definition) is 1. The normalized spacial score (nSPS) is 14.5. The van der Waals surface area contributed by atoms with E-state index in [4.69, 9.17) is 0 Å². The number of rotatable bonds is 4. The van der Waals surface area contributed by atoms with Crippen LogP contribution in [0.25, 0.3) is 16.0 Å². The fourth-order valence-electron chi connectivity index (χ4n) is 2.45. The summed E-state index contributed by atoms with van der Waals surface area (Å²) in [6, 6.07) is 5.60. The molecule has 0 radical (unpaired) electrons. The van der Waals surface area contributed by atoms with E-state index in [2.05, 4.69) is 14.7 Å². The molecule has 2 aromatic heterocycles. The van der Waals surface area contributed by atoms with Gasteiger partial charge in [0.25, 0.3) is 5.56 Å². The summed E-state index contributed by atoms with van der Waals surface area (Å²) in [5.74, 6) is 0.339. The van der Waals surface area contributed by atoms with Crippen LogP contribution in [0.4, 0.5) is 8.78 Å². The minimum Gasteiger partial charge on any atom is -0.435 e. The molecule has 1 fully saturated rings. The molecule has 0 bridgehead atoms. The van der Waals surface area contributed by atoms with E-state index < -0.39 is 17.9 Å². The zero-order valence-corrected chi connectivity index (χ0v) is 13.0. The monoisotopic (exact) mass is 351 g/mol. The third kappa shape index (κ3) is 2.60. The topological polar surface area (TPSA) is 77.0 Å². The lowest BCUT2D eigenvalue weighted by Crippen LogP contribution is -2.28.